The van der Waals surface area contributed by atoms with Gasteiger partial charge >= 0.3 is 0 Å². The number of aromatic nitrogens is 1. The van der Waals surface area contributed by atoms with Crippen LogP contribution in [-0.2, 0) is 0 Å². The Kier molecular flexibility index (Phi) is 3.81. The molecule has 0 radical (unpaired) electrons. The molecular formula is C12H12F2N2S. The Hall–Kier alpha value is -1.33. The van der Waals surface area contributed by atoms with Gasteiger partial charge in [-0.05, 0) is 12.6 Å². The van der Waals surface area contributed by atoms with E-state index in [1.54, 1.807) is 17.8 Å². The Labute approximate surface area is 102 Å². The number of rotatable bonds is 4. The summed E-state index contributed by atoms with van der Waals surface area (Å²) < 4.78 is 26.9. The Morgan fingerprint density at radius 3 is 2.88 bits per heavy atom. The van der Waals surface area contributed by atoms with E-state index in [4.69, 9.17) is 0 Å². The van der Waals surface area contributed by atoms with E-state index in [0.717, 1.165) is 10.9 Å². The highest BCUT2D eigenvalue weighted by Crippen LogP contribution is 2.27. The van der Waals surface area contributed by atoms with Crippen LogP contribution in [-0.4, -0.2) is 11.5 Å². The zero-order chi connectivity index (χ0) is 12.3. The van der Waals surface area contributed by atoms with Crippen molar-refractivity contribution in [1.82, 2.24) is 10.3 Å². The van der Waals surface area contributed by atoms with E-state index in [9.17, 15) is 8.78 Å². The molecule has 17 heavy (non-hydrogen) atoms. The second-order valence-electron chi connectivity index (χ2n) is 3.54. The van der Waals surface area contributed by atoms with Gasteiger partial charge in [0.2, 0.25) is 0 Å². The standard InChI is InChI=1S/C12H12F2N2S/c1-2-16-12(10-6-15-7-17-10)8-4-3-5-9(13)11(8)14/h3-7,12,16H,2H2,1H3. The van der Waals surface area contributed by atoms with E-state index in [2.05, 4.69) is 10.3 Å². The van der Waals surface area contributed by atoms with Gasteiger partial charge in [0.15, 0.2) is 11.6 Å². The highest BCUT2D eigenvalue weighted by atomic mass is 32.1. The maximum atomic E-state index is 13.7. The molecule has 0 saturated carbocycles. The van der Waals surface area contributed by atoms with Crippen molar-refractivity contribution in [3.05, 3.63) is 52.0 Å². The molecule has 90 valence electrons. The number of halogens is 2. The van der Waals surface area contributed by atoms with Crippen LogP contribution in [0.15, 0.2) is 29.9 Å². The van der Waals surface area contributed by atoms with Gasteiger partial charge in [0.05, 0.1) is 11.6 Å². The normalized spacial score (nSPS) is 12.6. The Balaban J connectivity index is 2.43. The maximum absolute atomic E-state index is 13.7. The lowest BCUT2D eigenvalue weighted by Crippen LogP contribution is -2.22. The lowest BCUT2D eigenvalue weighted by Gasteiger charge is -2.17. The van der Waals surface area contributed by atoms with Crippen LogP contribution >= 0.6 is 11.3 Å². The summed E-state index contributed by atoms with van der Waals surface area (Å²) in [7, 11) is 0. The number of benzene rings is 1. The van der Waals surface area contributed by atoms with Gasteiger partial charge in [0, 0.05) is 16.6 Å². The second kappa shape index (κ2) is 5.33. The summed E-state index contributed by atoms with van der Waals surface area (Å²) in [6.07, 6.45) is 1.67. The number of thiazole rings is 1. The van der Waals surface area contributed by atoms with Crippen molar-refractivity contribution >= 4 is 11.3 Å². The summed E-state index contributed by atoms with van der Waals surface area (Å²) in [5, 5.41) is 3.13. The quantitative estimate of drug-likeness (QED) is 0.906. The molecule has 0 amide bonds. The molecule has 1 N–H and O–H groups in total. The van der Waals surface area contributed by atoms with Crippen molar-refractivity contribution < 1.29 is 8.78 Å². The first-order chi connectivity index (χ1) is 8.24. The minimum absolute atomic E-state index is 0.316. The molecule has 0 spiro atoms. The van der Waals surface area contributed by atoms with Gasteiger partial charge < -0.3 is 5.32 Å². The summed E-state index contributed by atoms with van der Waals surface area (Å²) in [5.74, 6) is -1.62. The molecule has 0 saturated heterocycles. The van der Waals surface area contributed by atoms with Gasteiger partial charge in [-0.15, -0.1) is 11.3 Å². The molecule has 2 rings (SSSR count). The lowest BCUT2D eigenvalue weighted by atomic mass is 10.0. The number of hydrogen-bond acceptors (Lipinski definition) is 3. The van der Waals surface area contributed by atoms with Crippen molar-refractivity contribution in [1.29, 1.82) is 0 Å². The van der Waals surface area contributed by atoms with Crippen LogP contribution in [0, 0.1) is 11.6 Å². The van der Waals surface area contributed by atoms with E-state index in [-0.39, 0.29) is 6.04 Å². The smallest absolute Gasteiger partial charge is 0.163 e. The zero-order valence-corrected chi connectivity index (χ0v) is 10.1. The lowest BCUT2D eigenvalue weighted by molar-refractivity contribution is 0.484. The molecule has 0 bridgehead atoms. The van der Waals surface area contributed by atoms with Gasteiger partial charge in [-0.2, -0.15) is 0 Å². The summed E-state index contributed by atoms with van der Waals surface area (Å²) in [5.41, 5.74) is 1.99. The minimum Gasteiger partial charge on any atom is -0.306 e. The van der Waals surface area contributed by atoms with E-state index in [1.165, 1.54) is 17.4 Å². The minimum atomic E-state index is -0.824. The van der Waals surface area contributed by atoms with Crippen molar-refractivity contribution in [2.24, 2.45) is 0 Å². The molecule has 0 aliphatic rings. The van der Waals surface area contributed by atoms with Gasteiger partial charge in [0.1, 0.15) is 0 Å². The fraction of sp³-hybridized carbons (Fsp3) is 0.250. The molecular weight excluding hydrogens is 242 g/mol. The fourth-order valence-electron chi connectivity index (χ4n) is 1.68. The highest BCUT2D eigenvalue weighted by Gasteiger charge is 2.20. The monoisotopic (exact) mass is 254 g/mol. The number of hydrogen-bond donors (Lipinski definition) is 1. The first kappa shape index (κ1) is 12.1. The maximum Gasteiger partial charge on any atom is 0.163 e. The highest BCUT2D eigenvalue weighted by molar-refractivity contribution is 7.09. The van der Waals surface area contributed by atoms with E-state index >= 15 is 0 Å². The van der Waals surface area contributed by atoms with Crippen molar-refractivity contribution in [3.8, 4) is 0 Å². The molecule has 0 fully saturated rings. The third kappa shape index (κ3) is 2.50. The number of nitrogens with zero attached hydrogens (tertiary/aromatic N) is 1. The van der Waals surface area contributed by atoms with E-state index in [1.807, 2.05) is 6.92 Å². The average molecular weight is 254 g/mol. The van der Waals surface area contributed by atoms with E-state index in [0.29, 0.717) is 12.1 Å². The second-order valence-corrected chi connectivity index (χ2v) is 4.46. The molecule has 1 aromatic carbocycles. The predicted molar refractivity (Wildman–Crippen MR) is 64.0 cm³/mol. The van der Waals surface area contributed by atoms with Crippen LogP contribution in [0.3, 0.4) is 0 Å². The topological polar surface area (TPSA) is 24.9 Å². The third-order valence-electron chi connectivity index (χ3n) is 2.44. The molecule has 5 heteroatoms. The first-order valence-corrected chi connectivity index (χ1v) is 6.17. The van der Waals surface area contributed by atoms with Gasteiger partial charge in [-0.3, -0.25) is 4.98 Å². The van der Waals surface area contributed by atoms with Crippen LogP contribution in [0.1, 0.15) is 23.4 Å². The van der Waals surface area contributed by atoms with Crippen LogP contribution in [0.25, 0.3) is 0 Å². The van der Waals surface area contributed by atoms with Gasteiger partial charge in [-0.25, -0.2) is 8.78 Å². The third-order valence-corrected chi connectivity index (χ3v) is 3.28. The van der Waals surface area contributed by atoms with Crippen molar-refractivity contribution in [2.75, 3.05) is 6.54 Å². The van der Waals surface area contributed by atoms with Gasteiger partial charge in [0.25, 0.3) is 0 Å². The van der Waals surface area contributed by atoms with E-state index < -0.39 is 11.6 Å². The predicted octanol–water partition coefficient (Wildman–Crippen LogP) is 3.12. The zero-order valence-electron chi connectivity index (χ0n) is 9.28. The van der Waals surface area contributed by atoms with Crippen LogP contribution in [0.5, 0.6) is 0 Å². The largest absolute Gasteiger partial charge is 0.306 e. The molecule has 2 nitrogen and oxygen atoms in total. The van der Waals surface area contributed by atoms with Crippen LogP contribution < -0.4 is 5.32 Å². The van der Waals surface area contributed by atoms with Crippen molar-refractivity contribution in [2.45, 2.75) is 13.0 Å². The summed E-state index contributed by atoms with van der Waals surface area (Å²) >= 11 is 1.42. The first-order valence-electron chi connectivity index (χ1n) is 5.29. The average Bonchev–Trinajstić information content (AvgIpc) is 2.84. The van der Waals surface area contributed by atoms with Crippen molar-refractivity contribution in [3.63, 3.8) is 0 Å². The molecule has 1 heterocycles. The Bertz CT molecular complexity index is 485. The summed E-state index contributed by atoms with van der Waals surface area (Å²) in [6, 6.07) is 3.88. The number of nitrogens with one attached hydrogen (secondary N) is 1. The molecule has 0 aliphatic heterocycles. The summed E-state index contributed by atoms with van der Waals surface area (Å²) in [6.45, 7) is 2.59. The molecule has 1 atom stereocenters. The Morgan fingerprint density at radius 2 is 2.24 bits per heavy atom. The molecule has 0 aliphatic carbocycles. The SMILES string of the molecule is CCNC(c1cncs1)c1cccc(F)c1F. The van der Waals surface area contributed by atoms with Gasteiger partial charge in [-0.1, -0.05) is 19.1 Å². The summed E-state index contributed by atoms with van der Waals surface area (Å²) in [4.78, 5) is 4.84. The van der Waals surface area contributed by atoms with Crippen LogP contribution in [0.2, 0.25) is 0 Å². The molecule has 1 aromatic heterocycles. The Morgan fingerprint density at radius 1 is 1.41 bits per heavy atom. The molecule has 2 aromatic rings. The fourth-order valence-corrected chi connectivity index (χ4v) is 2.39. The molecule has 1 unspecified atom stereocenters. The van der Waals surface area contributed by atoms with Crippen LogP contribution in [0.4, 0.5) is 8.78 Å².